The number of nitrogens with zero attached hydrogens (tertiary/aromatic N) is 2. The predicted molar refractivity (Wildman–Crippen MR) is 121 cm³/mol. The summed E-state index contributed by atoms with van der Waals surface area (Å²) in [5.41, 5.74) is 0. The minimum atomic E-state index is 0. The van der Waals surface area contributed by atoms with Crippen molar-refractivity contribution >= 4 is 0 Å². The molecule has 4 saturated carbocycles. The molecular weight excluding hydrogens is 547 g/mol. The summed E-state index contributed by atoms with van der Waals surface area (Å²) >= 11 is 0. The van der Waals surface area contributed by atoms with Crippen molar-refractivity contribution in [3.05, 3.63) is 23.5 Å². The third-order valence-corrected chi connectivity index (χ3v) is 10.2. The molecule has 10 unspecified atom stereocenters. The zero-order valence-corrected chi connectivity index (χ0v) is 21.0. The van der Waals surface area contributed by atoms with Gasteiger partial charge in [0.05, 0.1) is 0 Å². The van der Waals surface area contributed by atoms with Gasteiger partial charge in [-0.3, -0.25) is 0 Å². The fourth-order valence-corrected chi connectivity index (χ4v) is 8.92. The Hall–Kier alpha value is 0.608. The molecule has 3 heteroatoms. The third-order valence-electron chi connectivity index (χ3n) is 10.2. The minimum absolute atomic E-state index is 0. The molecule has 0 bridgehead atoms. The molecule has 0 radical (unpaired) electrons. The Morgan fingerprint density at radius 2 is 1.07 bits per heavy atom. The Morgan fingerprint density at radius 3 is 1.57 bits per heavy atom. The average molecular weight is 590 g/mol. The molecule has 6 aliphatic rings. The van der Waals surface area contributed by atoms with Crippen molar-refractivity contribution in [1.29, 1.82) is 0 Å². The summed E-state index contributed by atoms with van der Waals surface area (Å²) in [6.45, 7) is 0. The summed E-state index contributed by atoms with van der Waals surface area (Å²) in [5.74, 6) is 5.69. The molecule has 4 aliphatic carbocycles. The molecule has 6 fully saturated rings. The Kier molecular flexibility index (Phi) is 7.35. The van der Waals surface area contributed by atoms with Gasteiger partial charge in [0.2, 0.25) is 0 Å². The predicted octanol–water partition coefficient (Wildman–Crippen LogP) is 7.24. The van der Waals surface area contributed by atoms with Crippen LogP contribution in [0.25, 0.3) is 10.6 Å². The van der Waals surface area contributed by atoms with Crippen LogP contribution < -0.4 is 0 Å². The van der Waals surface area contributed by atoms with Gasteiger partial charge in [-0.05, 0) is 11.8 Å². The third kappa shape index (κ3) is 4.37. The minimum Gasteiger partial charge on any atom is -0.659 e. The average Bonchev–Trinajstić information content (AvgIpc) is 3.53. The molecule has 0 aromatic heterocycles. The van der Waals surface area contributed by atoms with Crippen molar-refractivity contribution < 1.29 is 21.1 Å². The van der Waals surface area contributed by atoms with E-state index in [4.69, 9.17) is 10.6 Å². The van der Waals surface area contributed by atoms with Crippen LogP contribution in [0.3, 0.4) is 0 Å². The fourth-order valence-electron chi connectivity index (χ4n) is 8.92. The molecule has 0 aromatic carbocycles. The Labute approximate surface area is 200 Å². The van der Waals surface area contributed by atoms with Crippen molar-refractivity contribution in [1.82, 2.24) is 0 Å². The van der Waals surface area contributed by atoms with Crippen molar-refractivity contribution in [2.45, 2.75) is 120 Å². The summed E-state index contributed by atoms with van der Waals surface area (Å²) in [4.78, 5) is 0. The van der Waals surface area contributed by atoms with Gasteiger partial charge in [0.15, 0.2) is 0 Å². The van der Waals surface area contributed by atoms with Gasteiger partial charge in [-0.2, -0.15) is 36.8 Å². The zero-order valence-electron chi connectivity index (χ0n) is 18.7. The van der Waals surface area contributed by atoms with Crippen LogP contribution in [0.4, 0.5) is 0 Å². The maximum absolute atomic E-state index is 5.43. The van der Waals surface area contributed by atoms with E-state index in [1.54, 1.807) is 0 Å². The van der Waals surface area contributed by atoms with Crippen LogP contribution in [0, 0.1) is 48.3 Å². The molecule has 2 nitrogen and oxygen atoms in total. The molecule has 170 valence electrons. The first-order valence-corrected chi connectivity index (χ1v) is 13.4. The molecule has 0 spiro atoms. The first-order valence-electron chi connectivity index (χ1n) is 13.4. The van der Waals surface area contributed by atoms with Crippen LogP contribution in [0.5, 0.6) is 0 Å². The van der Waals surface area contributed by atoms with E-state index in [1.165, 1.54) is 96.3 Å². The summed E-state index contributed by atoms with van der Waals surface area (Å²) in [6.07, 6.45) is 26.7. The van der Waals surface area contributed by atoms with Gasteiger partial charge in [0.1, 0.15) is 0 Å². The molecule has 6 rings (SSSR count). The molecule has 2 saturated heterocycles. The van der Waals surface area contributed by atoms with Crippen molar-refractivity contribution in [2.75, 3.05) is 0 Å². The number of fused-ring (bicyclic) bond motifs is 2. The maximum Gasteiger partial charge on any atom is 4.00 e. The second-order valence-corrected chi connectivity index (χ2v) is 11.6. The van der Waals surface area contributed by atoms with Crippen LogP contribution in [0.15, 0.2) is 0 Å². The Bertz CT molecular complexity index is 519. The second-order valence-electron chi connectivity index (χ2n) is 11.6. The van der Waals surface area contributed by atoms with E-state index in [0.29, 0.717) is 24.2 Å². The molecule has 10 atom stereocenters. The van der Waals surface area contributed by atoms with Crippen molar-refractivity contribution in [2.24, 2.45) is 35.5 Å². The van der Waals surface area contributed by atoms with Gasteiger partial charge in [-0.1, -0.05) is 95.3 Å². The zero-order chi connectivity index (χ0) is 19.2. The molecular formula is C27H42N2Pt. The van der Waals surface area contributed by atoms with E-state index in [9.17, 15) is 0 Å². The molecule has 0 aromatic rings. The van der Waals surface area contributed by atoms with Crippen LogP contribution >= 0.6 is 0 Å². The summed E-state index contributed by atoms with van der Waals surface area (Å²) in [6, 6.07) is 2.57. The van der Waals surface area contributed by atoms with E-state index in [2.05, 4.69) is 12.8 Å². The second kappa shape index (κ2) is 9.85. The van der Waals surface area contributed by atoms with Gasteiger partial charge in [-0.15, -0.1) is 12.1 Å². The van der Waals surface area contributed by atoms with Crippen LogP contribution in [0.1, 0.15) is 96.3 Å². The van der Waals surface area contributed by atoms with Gasteiger partial charge in [0.25, 0.3) is 0 Å². The number of hydrogen-bond donors (Lipinski definition) is 0. The number of rotatable bonds is 4. The van der Waals surface area contributed by atoms with Gasteiger partial charge in [-0.25, -0.2) is 0 Å². The summed E-state index contributed by atoms with van der Waals surface area (Å²) in [5, 5.41) is 10.9. The quantitative estimate of drug-likeness (QED) is 0.309. The van der Waals surface area contributed by atoms with Crippen LogP contribution in [-0.4, -0.2) is 24.2 Å². The van der Waals surface area contributed by atoms with E-state index in [1.807, 2.05) is 0 Å². The van der Waals surface area contributed by atoms with Gasteiger partial charge < -0.3 is 23.5 Å². The smallest absolute Gasteiger partial charge is 0.659 e. The van der Waals surface area contributed by atoms with Crippen molar-refractivity contribution in [3.8, 4) is 0 Å². The summed E-state index contributed by atoms with van der Waals surface area (Å²) < 4.78 is 0. The first kappa shape index (κ1) is 22.4. The van der Waals surface area contributed by atoms with Crippen LogP contribution in [0.2, 0.25) is 0 Å². The largest absolute Gasteiger partial charge is 4.00 e. The topological polar surface area (TPSA) is 28.2 Å². The SMILES string of the molecule is [CH-]1CCC2CCCC2C1C1CCC(CC2CCC(C3[CH-]CCC4CCCC43)[N-]2)[N-]1.[Pt+4]. The van der Waals surface area contributed by atoms with Gasteiger partial charge >= 0.3 is 21.1 Å². The fraction of sp³-hybridized carbons (Fsp3) is 0.926. The van der Waals surface area contributed by atoms with Crippen molar-refractivity contribution in [3.63, 3.8) is 0 Å². The monoisotopic (exact) mass is 589 g/mol. The maximum atomic E-state index is 5.43. The molecule has 2 heterocycles. The molecule has 0 N–H and O–H groups in total. The van der Waals surface area contributed by atoms with E-state index in [0.717, 1.165) is 35.5 Å². The normalized spacial score (nSPS) is 50.8. The summed E-state index contributed by atoms with van der Waals surface area (Å²) in [7, 11) is 0. The number of hydrogen-bond acceptors (Lipinski definition) is 0. The van der Waals surface area contributed by atoms with Crippen LogP contribution in [-0.2, 0) is 21.1 Å². The Balaban J connectivity index is 0.00000193. The molecule has 30 heavy (non-hydrogen) atoms. The first-order chi connectivity index (χ1) is 14.3. The van der Waals surface area contributed by atoms with E-state index >= 15 is 0 Å². The molecule has 2 aliphatic heterocycles. The van der Waals surface area contributed by atoms with Gasteiger partial charge in [0, 0.05) is 0 Å². The Morgan fingerprint density at radius 1 is 0.567 bits per heavy atom. The van der Waals surface area contributed by atoms with E-state index in [-0.39, 0.29) is 21.1 Å². The van der Waals surface area contributed by atoms with E-state index < -0.39 is 0 Å². The molecule has 0 amide bonds. The standard InChI is InChI=1S/C27H42N2.Pt/c1-5-18-7-3-11-24(22(18)9-1)26-15-13-20(28-26)17-21-14-16-27(29-21)25-12-4-8-19-6-2-10-23(19)25;/h11-12,18-27H,1-10,13-17H2;/q-4;+4.